The molecular weight excluding hydrogens is 404 g/mol. The third kappa shape index (κ3) is 5.87. The Labute approximate surface area is 158 Å². The lowest BCUT2D eigenvalue weighted by molar-refractivity contribution is -0.147. The van der Waals surface area contributed by atoms with Crippen molar-refractivity contribution in [3.63, 3.8) is 0 Å². The minimum atomic E-state index is -4.01. The average Bonchev–Trinajstić information content (AvgIpc) is 3.07. The maximum Gasteiger partial charge on any atom is 0.314 e. The number of ether oxygens (including phenoxy) is 2. The fourth-order valence-electron chi connectivity index (χ4n) is 2.52. The van der Waals surface area contributed by atoms with Gasteiger partial charge in [-0.1, -0.05) is 0 Å². The molecule has 0 aromatic heterocycles. The third-order valence-corrected chi connectivity index (χ3v) is 7.19. The van der Waals surface area contributed by atoms with Crippen molar-refractivity contribution in [2.24, 2.45) is 10.8 Å². The van der Waals surface area contributed by atoms with Crippen LogP contribution in [0.1, 0.15) is 33.1 Å². The third-order valence-electron chi connectivity index (χ3n) is 4.66. The van der Waals surface area contributed by atoms with Crippen LogP contribution in [-0.2, 0) is 47.7 Å². The molecule has 0 aromatic rings. The SMILES string of the molecule is CC1(COS(=O)(=O)CCCS(=O)(=O)OCC2(C)CCOC2=O)CCOC1=O. The molecule has 0 amide bonds. The average molecular weight is 428 g/mol. The van der Waals surface area contributed by atoms with E-state index in [0.717, 1.165) is 0 Å². The van der Waals surface area contributed by atoms with Crippen LogP contribution in [0.5, 0.6) is 0 Å². The van der Waals surface area contributed by atoms with Gasteiger partial charge in [0, 0.05) is 0 Å². The quantitative estimate of drug-likeness (QED) is 0.344. The van der Waals surface area contributed by atoms with Crippen molar-refractivity contribution in [1.29, 1.82) is 0 Å². The Kier molecular flexibility index (Phi) is 6.55. The van der Waals surface area contributed by atoms with Gasteiger partial charge in [0.25, 0.3) is 20.2 Å². The first-order valence-corrected chi connectivity index (χ1v) is 11.6. The van der Waals surface area contributed by atoms with Gasteiger partial charge in [0.2, 0.25) is 0 Å². The molecule has 0 N–H and O–H groups in total. The predicted octanol–water partition coefficient (Wildman–Crippen LogP) is -0.0243. The van der Waals surface area contributed by atoms with Gasteiger partial charge in [-0.15, -0.1) is 0 Å². The number of hydrogen-bond donors (Lipinski definition) is 0. The molecule has 0 spiro atoms. The molecule has 2 heterocycles. The molecule has 12 heteroatoms. The molecular formula is C15H24O10S2. The first-order chi connectivity index (χ1) is 12.4. The predicted molar refractivity (Wildman–Crippen MR) is 91.5 cm³/mol. The number of carbonyl (C=O) groups is 2. The van der Waals surface area contributed by atoms with Gasteiger partial charge >= 0.3 is 11.9 Å². The highest BCUT2D eigenvalue weighted by Crippen LogP contribution is 2.31. The maximum absolute atomic E-state index is 11.9. The van der Waals surface area contributed by atoms with E-state index in [0.29, 0.717) is 12.8 Å². The van der Waals surface area contributed by atoms with Crippen LogP contribution in [0.4, 0.5) is 0 Å². The highest BCUT2D eigenvalue weighted by molar-refractivity contribution is 7.87. The summed E-state index contributed by atoms with van der Waals surface area (Å²) in [5.74, 6) is -2.12. The Bertz CT molecular complexity index is 721. The van der Waals surface area contributed by atoms with Gasteiger partial charge < -0.3 is 9.47 Å². The zero-order chi connectivity index (χ0) is 20.3. The molecule has 0 bridgehead atoms. The molecule has 2 fully saturated rings. The lowest BCUT2D eigenvalue weighted by Gasteiger charge is -2.19. The summed E-state index contributed by atoms with van der Waals surface area (Å²) in [6, 6.07) is 0. The molecule has 2 atom stereocenters. The first kappa shape index (κ1) is 22.1. The van der Waals surface area contributed by atoms with E-state index in [1.54, 1.807) is 13.8 Å². The standard InChI is InChI=1S/C15H24O10S2/c1-14(4-6-22-12(14)16)10-24-26(18,19)8-3-9-27(20,21)25-11-15(2)5-7-23-13(15)17/h3-11H2,1-2H3. The summed E-state index contributed by atoms with van der Waals surface area (Å²) in [5.41, 5.74) is -2.04. The fourth-order valence-corrected chi connectivity index (χ4v) is 4.82. The molecule has 2 aliphatic heterocycles. The van der Waals surface area contributed by atoms with E-state index in [2.05, 4.69) is 0 Å². The van der Waals surface area contributed by atoms with Crippen molar-refractivity contribution in [3.05, 3.63) is 0 Å². The molecule has 156 valence electrons. The van der Waals surface area contributed by atoms with Crippen LogP contribution in [-0.4, -0.2) is 66.7 Å². The minimum absolute atomic E-state index is 0.209. The summed E-state index contributed by atoms with van der Waals surface area (Å²) < 4.78 is 66.9. The molecule has 2 saturated heterocycles. The van der Waals surface area contributed by atoms with E-state index >= 15 is 0 Å². The van der Waals surface area contributed by atoms with Crippen LogP contribution in [0.15, 0.2) is 0 Å². The second-order valence-corrected chi connectivity index (χ2v) is 10.8. The molecule has 10 nitrogen and oxygen atoms in total. The normalized spacial score (nSPS) is 29.0. The smallest absolute Gasteiger partial charge is 0.314 e. The molecule has 2 aliphatic rings. The van der Waals surface area contributed by atoms with Gasteiger partial charge in [0.1, 0.15) is 0 Å². The van der Waals surface area contributed by atoms with Crippen molar-refractivity contribution in [2.75, 3.05) is 37.9 Å². The Morgan fingerprint density at radius 1 is 0.815 bits per heavy atom. The summed E-state index contributed by atoms with van der Waals surface area (Å²) in [4.78, 5) is 23.1. The Morgan fingerprint density at radius 2 is 1.19 bits per heavy atom. The van der Waals surface area contributed by atoms with Gasteiger partial charge in [-0.3, -0.25) is 18.0 Å². The largest absolute Gasteiger partial charge is 0.465 e. The van der Waals surface area contributed by atoms with Crippen molar-refractivity contribution >= 4 is 32.2 Å². The number of hydrogen-bond acceptors (Lipinski definition) is 10. The minimum Gasteiger partial charge on any atom is -0.465 e. The van der Waals surface area contributed by atoms with Gasteiger partial charge in [-0.25, -0.2) is 0 Å². The molecule has 0 aromatic carbocycles. The Balaban J connectivity index is 1.76. The summed E-state index contributed by atoms with van der Waals surface area (Å²) in [7, 11) is -8.01. The molecule has 27 heavy (non-hydrogen) atoms. The number of carbonyl (C=O) groups excluding carboxylic acids is 2. The van der Waals surface area contributed by atoms with Gasteiger partial charge in [0.05, 0.1) is 48.8 Å². The van der Waals surface area contributed by atoms with E-state index in [1.807, 2.05) is 0 Å². The zero-order valence-electron chi connectivity index (χ0n) is 15.3. The van der Waals surface area contributed by atoms with Gasteiger partial charge in [0.15, 0.2) is 0 Å². The summed E-state index contributed by atoms with van der Waals surface area (Å²) in [5, 5.41) is 0. The Hall–Kier alpha value is -1.24. The number of esters is 2. The van der Waals surface area contributed by atoms with Crippen LogP contribution in [0, 0.1) is 10.8 Å². The molecule has 2 unspecified atom stereocenters. The van der Waals surface area contributed by atoms with E-state index < -0.39 is 54.5 Å². The second-order valence-electron chi connectivity index (χ2n) is 7.29. The monoisotopic (exact) mass is 428 g/mol. The van der Waals surface area contributed by atoms with Gasteiger partial charge in [-0.05, 0) is 33.1 Å². The maximum atomic E-state index is 11.9. The van der Waals surface area contributed by atoms with E-state index in [9.17, 15) is 26.4 Å². The summed E-state index contributed by atoms with van der Waals surface area (Å²) >= 11 is 0. The first-order valence-electron chi connectivity index (χ1n) is 8.46. The van der Waals surface area contributed by atoms with Crippen LogP contribution in [0.2, 0.25) is 0 Å². The second kappa shape index (κ2) is 8.02. The van der Waals surface area contributed by atoms with Crippen molar-refractivity contribution < 1.29 is 44.3 Å². The number of rotatable bonds is 10. The van der Waals surface area contributed by atoms with Crippen LogP contribution in [0.3, 0.4) is 0 Å². The van der Waals surface area contributed by atoms with Crippen LogP contribution < -0.4 is 0 Å². The summed E-state index contributed by atoms with van der Waals surface area (Å²) in [6.45, 7) is 2.81. The number of cyclic esters (lactones) is 2. The molecule has 0 saturated carbocycles. The van der Waals surface area contributed by atoms with E-state index in [-0.39, 0.29) is 32.8 Å². The lowest BCUT2D eigenvalue weighted by atomic mass is 9.91. The Morgan fingerprint density at radius 3 is 1.48 bits per heavy atom. The highest BCUT2D eigenvalue weighted by atomic mass is 32.2. The van der Waals surface area contributed by atoms with Crippen LogP contribution in [0.25, 0.3) is 0 Å². The zero-order valence-corrected chi connectivity index (χ0v) is 16.9. The van der Waals surface area contributed by atoms with Crippen molar-refractivity contribution in [2.45, 2.75) is 33.1 Å². The summed E-state index contributed by atoms with van der Waals surface area (Å²) in [6.07, 6.45) is 0.461. The van der Waals surface area contributed by atoms with Crippen molar-refractivity contribution in [3.8, 4) is 0 Å². The van der Waals surface area contributed by atoms with E-state index in [4.69, 9.17) is 17.8 Å². The van der Waals surface area contributed by atoms with Gasteiger partial charge in [-0.2, -0.15) is 16.8 Å². The lowest BCUT2D eigenvalue weighted by Crippen LogP contribution is -2.31. The molecule has 2 rings (SSSR count). The van der Waals surface area contributed by atoms with E-state index in [1.165, 1.54) is 0 Å². The van der Waals surface area contributed by atoms with Crippen LogP contribution >= 0.6 is 0 Å². The topological polar surface area (TPSA) is 139 Å². The highest BCUT2D eigenvalue weighted by Gasteiger charge is 2.42. The molecule has 0 aliphatic carbocycles. The fraction of sp³-hybridized carbons (Fsp3) is 0.867. The van der Waals surface area contributed by atoms with Crippen molar-refractivity contribution in [1.82, 2.24) is 0 Å². The molecule has 0 radical (unpaired) electrons.